The molecule has 112 valence electrons. The summed E-state index contributed by atoms with van der Waals surface area (Å²) in [5.74, 6) is -0.324. The number of amides is 1. The van der Waals surface area contributed by atoms with E-state index in [1.165, 1.54) is 11.0 Å². The molecule has 1 heterocycles. The second-order valence-corrected chi connectivity index (χ2v) is 5.56. The Balaban J connectivity index is 2.12. The molecule has 3 aromatic rings. The molecule has 0 N–H and O–H groups in total. The van der Waals surface area contributed by atoms with Crippen LogP contribution >= 0.6 is 0 Å². The predicted molar refractivity (Wildman–Crippen MR) is 86.3 cm³/mol. The van der Waals surface area contributed by atoms with Crippen LogP contribution in [0.15, 0.2) is 48.7 Å². The molecule has 0 spiro atoms. The molecular formula is C18H17FN2O. The number of halogens is 1. The fourth-order valence-corrected chi connectivity index (χ4v) is 2.66. The smallest absolute Gasteiger partial charge is 0.253 e. The third kappa shape index (κ3) is 2.26. The number of hydrogen-bond donors (Lipinski definition) is 0. The van der Waals surface area contributed by atoms with Crippen LogP contribution in [-0.2, 0) is 7.05 Å². The highest BCUT2D eigenvalue weighted by Gasteiger charge is 2.13. The number of nitrogens with zero attached hydrogens (tertiary/aromatic N) is 2. The van der Waals surface area contributed by atoms with Crippen LogP contribution in [0.25, 0.3) is 22.0 Å². The first-order valence-corrected chi connectivity index (χ1v) is 7.04. The molecule has 0 saturated heterocycles. The average Bonchev–Trinajstić information content (AvgIpc) is 2.88. The van der Waals surface area contributed by atoms with Crippen molar-refractivity contribution in [3.63, 3.8) is 0 Å². The first-order valence-electron chi connectivity index (χ1n) is 7.04. The summed E-state index contributed by atoms with van der Waals surface area (Å²) in [6.45, 7) is 0. The molecule has 0 bridgehead atoms. The van der Waals surface area contributed by atoms with Crippen molar-refractivity contribution in [1.82, 2.24) is 9.47 Å². The number of fused-ring (bicyclic) bond motifs is 1. The van der Waals surface area contributed by atoms with Gasteiger partial charge in [0.2, 0.25) is 0 Å². The zero-order chi connectivity index (χ0) is 15.9. The summed E-state index contributed by atoms with van der Waals surface area (Å²) in [6.07, 6.45) is 1.91. The van der Waals surface area contributed by atoms with Crippen LogP contribution in [0.2, 0.25) is 0 Å². The summed E-state index contributed by atoms with van der Waals surface area (Å²) in [6, 6.07) is 12.2. The highest BCUT2D eigenvalue weighted by molar-refractivity contribution is 5.97. The van der Waals surface area contributed by atoms with Crippen molar-refractivity contribution in [1.29, 1.82) is 0 Å². The summed E-state index contributed by atoms with van der Waals surface area (Å²) < 4.78 is 16.3. The third-order valence-corrected chi connectivity index (χ3v) is 3.84. The topological polar surface area (TPSA) is 25.2 Å². The molecular weight excluding hydrogens is 279 g/mol. The minimum absolute atomic E-state index is 0.0649. The zero-order valence-electron chi connectivity index (χ0n) is 12.8. The molecule has 1 aromatic heterocycles. The second kappa shape index (κ2) is 5.30. The summed E-state index contributed by atoms with van der Waals surface area (Å²) >= 11 is 0. The van der Waals surface area contributed by atoms with Gasteiger partial charge in [0, 0.05) is 49.4 Å². The zero-order valence-corrected chi connectivity index (χ0v) is 12.8. The SMILES string of the molecule is CN(C)C(=O)c1ccc(-c2c(F)ccc3c2ccn3C)cc1. The van der Waals surface area contributed by atoms with Crippen LogP contribution in [0.5, 0.6) is 0 Å². The summed E-state index contributed by atoms with van der Waals surface area (Å²) in [5, 5.41) is 0.870. The minimum atomic E-state index is -0.259. The number of aromatic nitrogens is 1. The highest BCUT2D eigenvalue weighted by atomic mass is 19.1. The second-order valence-electron chi connectivity index (χ2n) is 5.56. The Labute approximate surface area is 128 Å². The molecule has 1 amide bonds. The monoisotopic (exact) mass is 296 g/mol. The fourth-order valence-electron chi connectivity index (χ4n) is 2.66. The lowest BCUT2D eigenvalue weighted by Crippen LogP contribution is -2.21. The van der Waals surface area contributed by atoms with Crippen LogP contribution < -0.4 is 0 Å². The Morgan fingerprint density at radius 3 is 2.36 bits per heavy atom. The lowest BCUT2D eigenvalue weighted by atomic mass is 9.99. The van der Waals surface area contributed by atoms with Gasteiger partial charge in [-0.05, 0) is 35.9 Å². The third-order valence-electron chi connectivity index (χ3n) is 3.84. The van der Waals surface area contributed by atoms with Gasteiger partial charge in [0.1, 0.15) is 5.82 Å². The normalized spacial score (nSPS) is 10.9. The number of carbonyl (C=O) groups is 1. The number of rotatable bonds is 2. The number of hydrogen-bond acceptors (Lipinski definition) is 1. The maximum Gasteiger partial charge on any atom is 0.253 e. The first kappa shape index (κ1) is 14.3. The number of carbonyl (C=O) groups excluding carboxylic acids is 1. The van der Waals surface area contributed by atoms with Crippen molar-refractivity contribution in [3.05, 3.63) is 60.0 Å². The van der Waals surface area contributed by atoms with Gasteiger partial charge in [0.25, 0.3) is 5.91 Å². The maximum atomic E-state index is 14.3. The molecule has 0 unspecified atom stereocenters. The Bertz CT molecular complexity index is 847. The van der Waals surface area contributed by atoms with Crippen LogP contribution in [0.1, 0.15) is 10.4 Å². The van der Waals surface area contributed by atoms with Crippen molar-refractivity contribution < 1.29 is 9.18 Å². The van der Waals surface area contributed by atoms with Gasteiger partial charge in [-0.2, -0.15) is 0 Å². The van der Waals surface area contributed by atoms with E-state index in [2.05, 4.69) is 0 Å². The molecule has 2 aromatic carbocycles. The van der Waals surface area contributed by atoms with Gasteiger partial charge in [-0.1, -0.05) is 12.1 Å². The number of benzene rings is 2. The summed E-state index contributed by atoms with van der Waals surface area (Å²) in [7, 11) is 5.35. The first-order chi connectivity index (χ1) is 10.5. The van der Waals surface area contributed by atoms with Gasteiger partial charge in [0.15, 0.2) is 0 Å². The largest absolute Gasteiger partial charge is 0.351 e. The van der Waals surface area contributed by atoms with E-state index in [0.717, 1.165) is 16.5 Å². The van der Waals surface area contributed by atoms with E-state index < -0.39 is 0 Å². The standard InChI is InChI=1S/C18H17FN2O/c1-20(2)18(22)13-6-4-12(5-7-13)17-14-10-11-21(3)16(14)9-8-15(17)19/h4-11H,1-3H3. The fraction of sp³-hybridized carbons (Fsp3) is 0.167. The van der Waals surface area contributed by atoms with E-state index in [9.17, 15) is 9.18 Å². The molecule has 4 heteroatoms. The van der Waals surface area contributed by atoms with Gasteiger partial charge in [-0.3, -0.25) is 4.79 Å². The Morgan fingerprint density at radius 1 is 1.05 bits per heavy atom. The Morgan fingerprint density at radius 2 is 1.73 bits per heavy atom. The molecule has 22 heavy (non-hydrogen) atoms. The summed E-state index contributed by atoms with van der Waals surface area (Å²) in [5.41, 5.74) is 2.91. The quantitative estimate of drug-likeness (QED) is 0.708. The van der Waals surface area contributed by atoms with Gasteiger partial charge in [-0.15, -0.1) is 0 Å². The molecule has 0 aliphatic carbocycles. The van der Waals surface area contributed by atoms with Crippen molar-refractivity contribution >= 4 is 16.8 Å². The molecule has 0 aliphatic heterocycles. The Hall–Kier alpha value is -2.62. The van der Waals surface area contributed by atoms with Crippen LogP contribution in [0.3, 0.4) is 0 Å². The van der Waals surface area contributed by atoms with Crippen molar-refractivity contribution in [2.24, 2.45) is 7.05 Å². The lowest BCUT2D eigenvalue weighted by molar-refractivity contribution is 0.0827. The molecule has 0 radical (unpaired) electrons. The average molecular weight is 296 g/mol. The molecule has 0 fully saturated rings. The van der Waals surface area contributed by atoms with Gasteiger partial charge in [0.05, 0.1) is 0 Å². The van der Waals surface area contributed by atoms with Gasteiger partial charge < -0.3 is 9.47 Å². The molecule has 3 rings (SSSR count). The molecule has 0 saturated carbocycles. The predicted octanol–water partition coefficient (Wildman–Crippen LogP) is 3.69. The lowest BCUT2D eigenvalue weighted by Gasteiger charge is -2.11. The van der Waals surface area contributed by atoms with Crippen LogP contribution in [0.4, 0.5) is 4.39 Å². The molecule has 3 nitrogen and oxygen atoms in total. The van der Waals surface area contributed by atoms with Crippen molar-refractivity contribution in [3.8, 4) is 11.1 Å². The van der Waals surface area contributed by atoms with Crippen LogP contribution in [0, 0.1) is 5.82 Å². The molecule has 0 atom stereocenters. The van der Waals surface area contributed by atoms with Gasteiger partial charge >= 0.3 is 0 Å². The maximum absolute atomic E-state index is 14.3. The van der Waals surface area contributed by atoms with E-state index in [0.29, 0.717) is 11.1 Å². The molecule has 0 aliphatic rings. The summed E-state index contributed by atoms with van der Waals surface area (Å²) in [4.78, 5) is 13.4. The van der Waals surface area contributed by atoms with E-state index in [1.54, 1.807) is 44.4 Å². The highest BCUT2D eigenvalue weighted by Crippen LogP contribution is 2.32. The van der Waals surface area contributed by atoms with E-state index in [-0.39, 0.29) is 11.7 Å². The van der Waals surface area contributed by atoms with Crippen LogP contribution in [-0.4, -0.2) is 29.5 Å². The van der Waals surface area contributed by atoms with E-state index in [1.807, 2.05) is 23.9 Å². The van der Waals surface area contributed by atoms with E-state index in [4.69, 9.17) is 0 Å². The van der Waals surface area contributed by atoms with Crippen molar-refractivity contribution in [2.75, 3.05) is 14.1 Å². The van der Waals surface area contributed by atoms with E-state index >= 15 is 0 Å². The Kier molecular flexibility index (Phi) is 3.45. The minimum Gasteiger partial charge on any atom is -0.351 e. The van der Waals surface area contributed by atoms with Crippen molar-refractivity contribution in [2.45, 2.75) is 0 Å². The van der Waals surface area contributed by atoms with Gasteiger partial charge in [-0.25, -0.2) is 4.39 Å². The number of aryl methyl sites for hydroxylation is 1.